The first-order valence-corrected chi connectivity index (χ1v) is 7.58. The summed E-state index contributed by atoms with van der Waals surface area (Å²) in [6.07, 6.45) is -3.00. The van der Waals surface area contributed by atoms with Gasteiger partial charge in [0.2, 0.25) is 0 Å². The molecule has 0 radical (unpaired) electrons. The molecule has 8 heteroatoms. The van der Waals surface area contributed by atoms with Crippen LogP contribution in [0.3, 0.4) is 0 Å². The van der Waals surface area contributed by atoms with Crippen LogP contribution in [-0.4, -0.2) is 15.7 Å². The first-order chi connectivity index (χ1) is 12.3. The van der Waals surface area contributed by atoms with E-state index in [1.807, 2.05) is 0 Å². The Morgan fingerprint density at radius 1 is 1.08 bits per heavy atom. The van der Waals surface area contributed by atoms with Gasteiger partial charge < -0.3 is 10.1 Å². The molecule has 1 aromatic heterocycles. The molecule has 1 heterocycles. The van der Waals surface area contributed by atoms with Gasteiger partial charge >= 0.3 is 6.18 Å². The Labute approximate surface area is 147 Å². The molecule has 0 spiro atoms. The van der Waals surface area contributed by atoms with Crippen molar-refractivity contribution in [2.45, 2.75) is 6.18 Å². The number of halogens is 3. The summed E-state index contributed by atoms with van der Waals surface area (Å²) in [7, 11) is 1.64. The van der Waals surface area contributed by atoms with E-state index in [0.717, 1.165) is 6.07 Å². The maximum atomic E-state index is 13.0. The second-order valence-electron chi connectivity index (χ2n) is 5.41. The molecule has 0 bridgehead atoms. The number of amides is 1. The van der Waals surface area contributed by atoms with E-state index in [1.165, 1.54) is 41.2 Å². The SMILES string of the molecule is Cn1nccc1C(=O)Nc1ccc(Oc2ccccc2C(F)(F)F)cc1. The predicted octanol–water partition coefficient (Wildman–Crippen LogP) is 4.48. The second-order valence-corrected chi connectivity index (χ2v) is 5.41. The van der Waals surface area contributed by atoms with Gasteiger partial charge in [-0.15, -0.1) is 0 Å². The normalized spacial score (nSPS) is 11.2. The van der Waals surface area contributed by atoms with Crippen molar-refractivity contribution in [3.05, 3.63) is 72.1 Å². The number of hydrogen-bond donors (Lipinski definition) is 1. The maximum absolute atomic E-state index is 13.0. The highest BCUT2D eigenvalue weighted by atomic mass is 19.4. The molecule has 0 atom stereocenters. The van der Waals surface area contributed by atoms with Crippen molar-refractivity contribution in [3.8, 4) is 11.5 Å². The number of ether oxygens (including phenoxy) is 1. The molecule has 0 aliphatic rings. The molecule has 1 amide bonds. The fourth-order valence-electron chi connectivity index (χ4n) is 2.31. The lowest BCUT2D eigenvalue weighted by Gasteiger charge is -2.13. The standard InChI is InChI=1S/C18H14F3N3O2/c1-24-15(10-11-22-24)17(25)23-12-6-8-13(9-7-12)26-16-5-3-2-4-14(16)18(19,20)21/h2-11H,1H3,(H,23,25). The van der Waals surface area contributed by atoms with Gasteiger partial charge in [-0.2, -0.15) is 18.3 Å². The van der Waals surface area contributed by atoms with Crippen LogP contribution in [0, 0.1) is 0 Å². The summed E-state index contributed by atoms with van der Waals surface area (Å²) >= 11 is 0. The molecular weight excluding hydrogens is 347 g/mol. The Bertz CT molecular complexity index is 918. The number of nitrogens with zero attached hydrogens (tertiary/aromatic N) is 2. The molecular formula is C18H14F3N3O2. The Morgan fingerprint density at radius 2 is 1.77 bits per heavy atom. The number of anilines is 1. The van der Waals surface area contributed by atoms with Gasteiger partial charge in [0, 0.05) is 18.9 Å². The van der Waals surface area contributed by atoms with Crippen LogP contribution in [0.4, 0.5) is 18.9 Å². The van der Waals surface area contributed by atoms with Crippen LogP contribution >= 0.6 is 0 Å². The van der Waals surface area contributed by atoms with Crippen LogP contribution in [0.2, 0.25) is 0 Å². The summed E-state index contributed by atoms with van der Waals surface area (Å²) in [5.41, 5.74) is 0.00525. The Morgan fingerprint density at radius 3 is 2.38 bits per heavy atom. The number of benzene rings is 2. The van der Waals surface area contributed by atoms with E-state index in [-0.39, 0.29) is 17.4 Å². The van der Waals surface area contributed by atoms with Gasteiger partial charge in [0.15, 0.2) is 0 Å². The minimum atomic E-state index is -4.51. The van der Waals surface area contributed by atoms with Crippen molar-refractivity contribution in [2.24, 2.45) is 7.05 Å². The first kappa shape index (κ1) is 17.5. The zero-order valence-electron chi connectivity index (χ0n) is 13.6. The van der Waals surface area contributed by atoms with E-state index in [2.05, 4.69) is 10.4 Å². The van der Waals surface area contributed by atoms with Crippen molar-refractivity contribution in [1.29, 1.82) is 0 Å². The van der Waals surface area contributed by atoms with Crippen molar-refractivity contribution in [1.82, 2.24) is 9.78 Å². The molecule has 0 saturated carbocycles. The van der Waals surface area contributed by atoms with Crippen molar-refractivity contribution in [3.63, 3.8) is 0 Å². The topological polar surface area (TPSA) is 56.2 Å². The highest BCUT2D eigenvalue weighted by molar-refractivity contribution is 6.03. The summed E-state index contributed by atoms with van der Waals surface area (Å²) in [5, 5.41) is 6.59. The van der Waals surface area contributed by atoms with Crippen LogP contribution in [0.25, 0.3) is 0 Å². The van der Waals surface area contributed by atoms with Gasteiger partial charge in [-0.25, -0.2) is 0 Å². The summed E-state index contributed by atoms with van der Waals surface area (Å²) in [5.74, 6) is -0.409. The quantitative estimate of drug-likeness (QED) is 0.745. The Hall–Kier alpha value is -3.29. The monoisotopic (exact) mass is 361 g/mol. The van der Waals surface area contributed by atoms with Gasteiger partial charge in [0.25, 0.3) is 5.91 Å². The van der Waals surface area contributed by atoms with E-state index < -0.39 is 11.7 Å². The number of aromatic nitrogens is 2. The average Bonchev–Trinajstić information content (AvgIpc) is 3.02. The summed E-state index contributed by atoms with van der Waals surface area (Å²) < 4.78 is 45.7. The maximum Gasteiger partial charge on any atom is 0.419 e. The van der Waals surface area contributed by atoms with E-state index in [4.69, 9.17) is 4.74 Å². The highest BCUT2D eigenvalue weighted by Crippen LogP contribution is 2.37. The number of para-hydroxylation sites is 1. The summed E-state index contributed by atoms with van der Waals surface area (Å²) in [4.78, 5) is 12.1. The lowest BCUT2D eigenvalue weighted by Crippen LogP contribution is -2.15. The molecule has 0 saturated heterocycles. The third-order valence-corrected chi connectivity index (χ3v) is 3.59. The van der Waals surface area contributed by atoms with Crippen molar-refractivity contribution < 1.29 is 22.7 Å². The number of alkyl halides is 3. The molecule has 5 nitrogen and oxygen atoms in total. The number of hydrogen-bond acceptors (Lipinski definition) is 3. The van der Waals surface area contributed by atoms with E-state index in [9.17, 15) is 18.0 Å². The fraction of sp³-hybridized carbons (Fsp3) is 0.111. The van der Waals surface area contributed by atoms with Crippen LogP contribution in [0.1, 0.15) is 16.1 Å². The molecule has 134 valence electrons. The lowest BCUT2D eigenvalue weighted by atomic mass is 10.2. The van der Waals surface area contributed by atoms with Crippen LogP contribution in [-0.2, 0) is 13.2 Å². The van der Waals surface area contributed by atoms with E-state index in [1.54, 1.807) is 25.2 Å². The number of carbonyl (C=O) groups is 1. The largest absolute Gasteiger partial charge is 0.457 e. The van der Waals surface area contributed by atoms with Crippen molar-refractivity contribution >= 4 is 11.6 Å². The summed E-state index contributed by atoms with van der Waals surface area (Å²) in [6.45, 7) is 0. The number of rotatable bonds is 4. The molecule has 0 aliphatic carbocycles. The van der Waals surface area contributed by atoms with Crippen LogP contribution in [0.5, 0.6) is 11.5 Å². The zero-order valence-corrected chi connectivity index (χ0v) is 13.6. The first-order valence-electron chi connectivity index (χ1n) is 7.58. The summed E-state index contributed by atoms with van der Waals surface area (Å²) in [6, 6.07) is 12.6. The number of aryl methyl sites for hydroxylation is 1. The van der Waals surface area contributed by atoms with E-state index in [0.29, 0.717) is 11.4 Å². The minimum absolute atomic E-state index is 0.222. The molecule has 1 N–H and O–H groups in total. The van der Waals surface area contributed by atoms with Crippen molar-refractivity contribution in [2.75, 3.05) is 5.32 Å². The van der Waals surface area contributed by atoms with Crippen LogP contribution in [0.15, 0.2) is 60.8 Å². The van der Waals surface area contributed by atoms with Gasteiger partial charge in [-0.05, 0) is 42.5 Å². The highest BCUT2D eigenvalue weighted by Gasteiger charge is 2.34. The van der Waals surface area contributed by atoms with Gasteiger partial charge in [0.1, 0.15) is 17.2 Å². The van der Waals surface area contributed by atoms with Gasteiger partial charge in [0.05, 0.1) is 5.56 Å². The minimum Gasteiger partial charge on any atom is -0.457 e. The Balaban J connectivity index is 1.73. The Kier molecular flexibility index (Phi) is 4.66. The second kappa shape index (κ2) is 6.91. The van der Waals surface area contributed by atoms with Gasteiger partial charge in [-0.3, -0.25) is 9.48 Å². The average molecular weight is 361 g/mol. The molecule has 26 heavy (non-hydrogen) atoms. The molecule has 0 unspecified atom stereocenters. The predicted molar refractivity (Wildman–Crippen MR) is 89.1 cm³/mol. The lowest BCUT2D eigenvalue weighted by molar-refractivity contribution is -0.138. The number of nitrogens with one attached hydrogen (secondary N) is 1. The molecule has 0 aliphatic heterocycles. The third-order valence-electron chi connectivity index (χ3n) is 3.59. The number of carbonyl (C=O) groups excluding carboxylic acids is 1. The zero-order chi connectivity index (χ0) is 18.7. The fourth-order valence-corrected chi connectivity index (χ4v) is 2.31. The molecule has 3 rings (SSSR count). The molecule has 3 aromatic rings. The van der Waals surface area contributed by atoms with Gasteiger partial charge in [-0.1, -0.05) is 12.1 Å². The third kappa shape index (κ3) is 3.85. The smallest absolute Gasteiger partial charge is 0.419 e. The van der Waals surface area contributed by atoms with E-state index >= 15 is 0 Å². The molecule has 2 aromatic carbocycles. The molecule has 0 fully saturated rings. The van der Waals surface area contributed by atoms with Crippen LogP contribution < -0.4 is 10.1 Å².